The molecule has 1 N–H and O–H groups in total. The molecule has 5 fully saturated rings. The van der Waals surface area contributed by atoms with Crippen LogP contribution in [0.1, 0.15) is 44.1 Å². The summed E-state index contributed by atoms with van der Waals surface area (Å²) in [6.07, 6.45) is 2.61. The highest BCUT2D eigenvalue weighted by Gasteiger charge is 2.85. The smallest absolute Gasteiger partial charge is 0.318 e. The molecular weight excluding hydrogens is 476 g/mol. The number of methoxy groups -OCH3 is 2. The Morgan fingerprint density at radius 1 is 1.19 bits per heavy atom. The monoisotopic (exact) mass is 512 g/mol. The third-order valence-corrected chi connectivity index (χ3v) is 10.4. The summed E-state index contributed by atoms with van der Waals surface area (Å²) in [5, 5.41) is 11.5. The van der Waals surface area contributed by atoms with Crippen molar-refractivity contribution in [3.63, 3.8) is 0 Å². The lowest BCUT2D eigenvalue weighted by molar-refractivity contribution is -0.175. The molecule has 4 saturated carbocycles. The van der Waals surface area contributed by atoms with E-state index in [1.54, 1.807) is 7.11 Å². The summed E-state index contributed by atoms with van der Waals surface area (Å²) >= 11 is 0. The average Bonchev–Trinajstić information content (AvgIpc) is 3.35. The molecule has 8 heteroatoms. The van der Waals surface area contributed by atoms with Crippen LogP contribution in [0.5, 0.6) is 0 Å². The highest BCUT2D eigenvalue weighted by Crippen LogP contribution is 2.79. The van der Waals surface area contributed by atoms with Crippen LogP contribution in [0, 0.1) is 28.6 Å². The molecule has 1 saturated heterocycles. The maximum atomic E-state index is 13.8. The van der Waals surface area contributed by atoms with Crippen molar-refractivity contribution in [1.29, 1.82) is 0 Å². The van der Waals surface area contributed by atoms with Gasteiger partial charge in [0.05, 0.1) is 37.9 Å². The van der Waals surface area contributed by atoms with Gasteiger partial charge in [-0.25, -0.2) is 0 Å². The van der Waals surface area contributed by atoms with E-state index in [4.69, 9.17) is 23.7 Å². The van der Waals surface area contributed by atoms with E-state index in [1.807, 2.05) is 30.3 Å². The van der Waals surface area contributed by atoms with Crippen LogP contribution in [-0.4, -0.2) is 62.0 Å². The first-order valence-electron chi connectivity index (χ1n) is 13.2. The van der Waals surface area contributed by atoms with Gasteiger partial charge in [0.15, 0.2) is 0 Å². The number of aliphatic hydroxyl groups excluding tert-OH is 1. The van der Waals surface area contributed by atoms with Crippen LogP contribution in [0.3, 0.4) is 0 Å². The van der Waals surface area contributed by atoms with E-state index in [0.717, 1.165) is 24.0 Å². The largest absolute Gasteiger partial charge is 0.469 e. The van der Waals surface area contributed by atoms with Gasteiger partial charge in [-0.3, -0.25) is 9.59 Å². The first-order chi connectivity index (χ1) is 17.8. The topological polar surface area (TPSA) is 101 Å². The van der Waals surface area contributed by atoms with Crippen molar-refractivity contribution >= 4 is 11.9 Å². The van der Waals surface area contributed by atoms with E-state index in [9.17, 15) is 14.7 Å². The molecule has 0 radical (unpaired) electrons. The summed E-state index contributed by atoms with van der Waals surface area (Å²) < 4.78 is 29.4. The summed E-state index contributed by atoms with van der Waals surface area (Å²) in [5.74, 6) is -2.07. The van der Waals surface area contributed by atoms with Gasteiger partial charge >= 0.3 is 11.9 Å². The van der Waals surface area contributed by atoms with Gasteiger partial charge < -0.3 is 28.8 Å². The highest BCUT2D eigenvalue weighted by molar-refractivity contribution is 5.86. The van der Waals surface area contributed by atoms with Crippen LogP contribution < -0.4 is 0 Å². The van der Waals surface area contributed by atoms with Crippen LogP contribution in [0.4, 0.5) is 0 Å². The Kier molecular flexibility index (Phi) is 5.84. The summed E-state index contributed by atoms with van der Waals surface area (Å²) in [6.45, 7) is 4.81. The van der Waals surface area contributed by atoms with Gasteiger partial charge in [0.25, 0.3) is 0 Å². The minimum Gasteiger partial charge on any atom is -0.469 e. The molecule has 8 atom stereocenters. The first-order valence-corrected chi connectivity index (χ1v) is 13.2. The van der Waals surface area contributed by atoms with E-state index < -0.39 is 45.9 Å². The lowest BCUT2D eigenvalue weighted by Crippen LogP contribution is -2.57. The van der Waals surface area contributed by atoms with Gasteiger partial charge in [-0.15, -0.1) is 0 Å². The van der Waals surface area contributed by atoms with E-state index in [2.05, 4.69) is 6.58 Å². The quantitative estimate of drug-likeness (QED) is 0.322. The Morgan fingerprint density at radius 3 is 2.70 bits per heavy atom. The van der Waals surface area contributed by atoms with Crippen LogP contribution in [-0.2, 0) is 39.9 Å². The fraction of sp³-hybridized carbons (Fsp3) is 0.655. The zero-order valence-corrected chi connectivity index (χ0v) is 21.6. The van der Waals surface area contributed by atoms with Gasteiger partial charge in [-0.05, 0) is 55.1 Å². The van der Waals surface area contributed by atoms with Gasteiger partial charge in [0.1, 0.15) is 17.8 Å². The number of benzene rings is 1. The highest BCUT2D eigenvalue weighted by atomic mass is 16.7. The van der Waals surface area contributed by atoms with E-state index in [1.165, 1.54) is 7.11 Å². The zero-order chi connectivity index (χ0) is 26.1. The maximum absolute atomic E-state index is 13.8. The van der Waals surface area contributed by atoms with Crippen LogP contribution in [0.25, 0.3) is 0 Å². The number of carbonyl (C=O) groups is 2. The molecule has 0 amide bonds. The Balaban J connectivity index is 1.42. The molecule has 4 aliphatic carbocycles. The molecule has 0 aromatic heterocycles. The minimum absolute atomic E-state index is 0.0170. The second-order valence-electron chi connectivity index (χ2n) is 11.7. The molecule has 0 unspecified atom stereocenters. The summed E-state index contributed by atoms with van der Waals surface area (Å²) in [6, 6.07) is 9.70. The Hall–Kier alpha value is -2.26. The van der Waals surface area contributed by atoms with Crippen molar-refractivity contribution in [3.05, 3.63) is 48.0 Å². The number of carbonyl (C=O) groups excluding carboxylic acids is 2. The normalized spacial score (nSPS) is 43.3. The first kappa shape index (κ1) is 25.0. The van der Waals surface area contributed by atoms with Gasteiger partial charge in [-0.1, -0.05) is 36.9 Å². The van der Waals surface area contributed by atoms with Crippen molar-refractivity contribution in [1.82, 2.24) is 0 Å². The molecule has 1 aliphatic heterocycles. The molecule has 37 heavy (non-hydrogen) atoms. The zero-order valence-electron chi connectivity index (χ0n) is 21.6. The second kappa shape index (κ2) is 8.63. The molecule has 1 heterocycles. The van der Waals surface area contributed by atoms with Gasteiger partial charge in [-0.2, -0.15) is 0 Å². The molecule has 1 aromatic rings. The van der Waals surface area contributed by atoms with Gasteiger partial charge in [0, 0.05) is 18.9 Å². The van der Waals surface area contributed by atoms with Crippen LogP contribution in [0.2, 0.25) is 0 Å². The summed E-state index contributed by atoms with van der Waals surface area (Å²) in [4.78, 5) is 27.5. The van der Waals surface area contributed by atoms with Crippen LogP contribution >= 0.6 is 0 Å². The molecule has 4 bridgehead atoms. The van der Waals surface area contributed by atoms with Crippen molar-refractivity contribution in [2.45, 2.75) is 62.4 Å². The second-order valence-corrected chi connectivity index (χ2v) is 11.7. The molecule has 1 aromatic carbocycles. The van der Waals surface area contributed by atoms with Gasteiger partial charge in [0.2, 0.25) is 0 Å². The third-order valence-electron chi connectivity index (χ3n) is 10.4. The van der Waals surface area contributed by atoms with E-state index >= 15 is 0 Å². The predicted octanol–water partition coefficient (Wildman–Crippen LogP) is 3.16. The molecule has 6 rings (SSSR count). The maximum Gasteiger partial charge on any atom is 0.318 e. The minimum atomic E-state index is -1.34. The van der Waals surface area contributed by atoms with E-state index in [0.29, 0.717) is 32.3 Å². The number of hydrogen-bond donors (Lipinski definition) is 1. The fourth-order valence-corrected chi connectivity index (χ4v) is 9.11. The lowest BCUT2D eigenvalue weighted by Gasteiger charge is -2.46. The lowest BCUT2D eigenvalue weighted by atomic mass is 9.58. The van der Waals surface area contributed by atoms with Crippen molar-refractivity contribution < 1.29 is 38.4 Å². The van der Waals surface area contributed by atoms with E-state index in [-0.39, 0.29) is 25.3 Å². The molecule has 5 aliphatic rings. The number of esters is 2. The Bertz CT molecular complexity index is 1100. The predicted molar refractivity (Wildman–Crippen MR) is 131 cm³/mol. The van der Waals surface area contributed by atoms with Crippen molar-refractivity contribution in [3.8, 4) is 0 Å². The number of rotatable bonds is 8. The number of aliphatic hydroxyl groups is 1. The Labute approximate surface area is 217 Å². The number of ether oxygens (including phenoxy) is 5. The number of fused-ring (bicyclic) bond motifs is 1. The third kappa shape index (κ3) is 3.16. The standard InChI is InChI=1S/C29H36O8/c1-18-13-26-15-27(18,36-17-33-2)11-9-20(26)29-12-10-21(30)28(25(32)37-29,23(29)22(26)24(31)34-3)16-35-14-19-7-5-4-6-8-19/h4-8,20-23,30H,1,9-17H2,2-3H3/t20-,21+,22-,23-,26+,27+,28-,29-/m1/s1. The fourth-order valence-electron chi connectivity index (χ4n) is 9.11. The number of hydrogen-bond acceptors (Lipinski definition) is 8. The molecule has 8 nitrogen and oxygen atoms in total. The summed E-state index contributed by atoms with van der Waals surface area (Å²) in [5.41, 5.74) is -1.37. The molecular formula is C29H36O8. The Morgan fingerprint density at radius 2 is 1.97 bits per heavy atom. The SMILES string of the molecule is C=C1C[C@]23C[C@@]1(OCOC)CC[C@H]2[C@@]12CC[C@H](O)[C@@](COCc4ccccc4)(C(=O)O1)[C@H]2[C@@H]3C(=O)OC. The van der Waals surface area contributed by atoms with Crippen LogP contribution in [0.15, 0.2) is 42.5 Å². The van der Waals surface area contributed by atoms with Crippen molar-refractivity contribution in [2.24, 2.45) is 28.6 Å². The summed E-state index contributed by atoms with van der Waals surface area (Å²) in [7, 11) is 2.98. The van der Waals surface area contributed by atoms with Crippen molar-refractivity contribution in [2.75, 3.05) is 27.6 Å². The average molecular weight is 513 g/mol. The molecule has 200 valence electrons. The molecule has 1 spiro atoms.